The van der Waals surface area contributed by atoms with Gasteiger partial charge in [-0.2, -0.15) is 0 Å². The molecule has 3 rings (SSSR count). The van der Waals surface area contributed by atoms with Crippen LogP contribution in [0.4, 0.5) is 5.69 Å². The number of nitrogens with two attached hydrogens (primary N) is 1. The summed E-state index contributed by atoms with van der Waals surface area (Å²) >= 11 is 0. The van der Waals surface area contributed by atoms with Crippen LogP contribution >= 0.6 is 0 Å². The molecule has 0 bridgehead atoms. The molecule has 7 nitrogen and oxygen atoms in total. The average molecular weight is 392 g/mol. The number of phenolic OH excluding ortho intramolecular Hbond substituents is 1. The molecule has 0 unspecified atom stereocenters. The van der Waals surface area contributed by atoms with Gasteiger partial charge in [0.1, 0.15) is 5.75 Å². The zero-order valence-electron chi connectivity index (χ0n) is 13.7. The van der Waals surface area contributed by atoms with Crippen molar-refractivity contribution in [2.45, 2.75) is 16.7 Å². The lowest BCUT2D eigenvalue weighted by Crippen LogP contribution is -2.16. The Hall–Kier alpha value is -2.62. The average Bonchev–Trinajstić information content (AvgIpc) is 2.58. The summed E-state index contributed by atoms with van der Waals surface area (Å²) in [6, 6.07) is 13.0. The fourth-order valence-corrected chi connectivity index (χ4v) is 4.32. The summed E-state index contributed by atoms with van der Waals surface area (Å²) in [5.74, 6) is 0.0692. The first-order valence-corrected chi connectivity index (χ1v) is 10.5. The topological polar surface area (TPSA) is 127 Å². The Morgan fingerprint density at radius 2 is 1.54 bits per heavy atom. The molecule has 0 aliphatic carbocycles. The second kappa shape index (κ2) is 6.27. The van der Waals surface area contributed by atoms with Crippen LogP contribution in [0.2, 0.25) is 0 Å². The van der Waals surface area contributed by atoms with E-state index in [1.165, 1.54) is 18.2 Å². The highest BCUT2D eigenvalue weighted by Crippen LogP contribution is 2.33. The van der Waals surface area contributed by atoms with E-state index in [0.717, 1.165) is 6.07 Å². The number of anilines is 1. The van der Waals surface area contributed by atoms with Crippen LogP contribution in [0, 0.1) is 6.92 Å². The van der Waals surface area contributed by atoms with Crippen molar-refractivity contribution in [1.29, 1.82) is 0 Å². The van der Waals surface area contributed by atoms with E-state index in [-0.39, 0.29) is 21.2 Å². The third-order valence-electron chi connectivity index (χ3n) is 3.92. The summed E-state index contributed by atoms with van der Waals surface area (Å²) < 4.78 is 50.7. The minimum Gasteiger partial charge on any atom is -0.507 e. The molecule has 0 aromatic heterocycles. The van der Waals surface area contributed by atoms with Crippen LogP contribution in [0.25, 0.3) is 10.8 Å². The molecule has 0 saturated carbocycles. The van der Waals surface area contributed by atoms with Crippen molar-refractivity contribution in [3.63, 3.8) is 0 Å². The maximum atomic E-state index is 12.7. The van der Waals surface area contributed by atoms with Crippen LogP contribution in [0.1, 0.15) is 5.56 Å². The Kier molecular flexibility index (Phi) is 4.39. The summed E-state index contributed by atoms with van der Waals surface area (Å²) in [5.41, 5.74) is 0.928. The molecule has 0 radical (unpaired) electrons. The number of hydrogen-bond acceptors (Lipinski definition) is 5. The van der Waals surface area contributed by atoms with E-state index in [0.29, 0.717) is 16.3 Å². The molecule has 0 amide bonds. The minimum atomic E-state index is -4.06. The van der Waals surface area contributed by atoms with Crippen molar-refractivity contribution >= 4 is 36.5 Å². The van der Waals surface area contributed by atoms with Crippen molar-refractivity contribution in [1.82, 2.24) is 0 Å². The Morgan fingerprint density at radius 1 is 0.885 bits per heavy atom. The Bertz CT molecular complexity index is 1220. The van der Waals surface area contributed by atoms with E-state index in [1.54, 1.807) is 37.3 Å². The third-order valence-corrected chi connectivity index (χ3v) is 6.20. The monoisotopic (exact) mass is 392 g/mol. The first kappa shape index (κ1) is 18.2. The van der Waals surface area contributed by atoms with Crippen molar-refractivity contribution in [2.24, 2.45) is 5.14 Å². The van der Waals surface area contributed by atoms with Crippen molar-refractivity contribution < 1.29 is 21.9 Å². The fraction of sp³-hybridized carbons (Fsp3) is 0.0588. The maximum Gasteiger partial charge on any atom is 0.261 e. The van der Waals surface area contributed by atoms with Gasteiger partial charge < -0.3 is 5.11 Å². The molecule has 0 spiro atoms. The Morgan fingerprint density at radius 3 is 2.23 bits per heavy atom. The summed E-state index contributed by atoms with van der Waals surface area (Å²) in [6.07, 6.45) is 0. The summed E-state index contributed by atoms with van der Waals surface area (Å²) in [6.45, 7) is 1.74. The van der Waals surface area contributed by atoms with Gasteiger partial charge in [0.05, 0.1) is 15.5 Å². The Labute approximate surface area is 151 Å². The standard InChI is InChI=1S/C17H16N2O5S2/c1-11-8-9-14-15(17(11)20)6-3-7-16(14)19-26(23,24)13-5-2-4-12(10-13)25(18,21)22/h2-10,19-20H,1H3,(H2,18,21,22). The van der Waals surface area contributed by atoms with Gasteiger partial charge in [0, 0.05) is 10.8 Å². The number of rotatable bonds is 4. The zero-order chi connectivity index (χ0) is 19.1. The van der Waals surface area contributed by atoms with Crippen LogP contribution in [0.5, 0.6) is 5.75 Å². The van der Waals surface area contributed by atoms with Crippen LogP contribution in [-0.4, -0.2) is 21.9 Å². The van der Waals surface area contributed by atoms with E-state index in [9.17, 15) is 21.9 Å². The highest BCUT2D eigenvalue weighted by molar-refractivity contribution is 7.93. The molecule has 0 fully saturated rings. The molecule has 3 aromatic carbocycles. The largest absolute Gasteiger partial charge is 0.507 e. The second-order valence-electron chi connectivity index (χ2n) is 5.76. The molecule has 0 atom stereocenters. The number of fused-ring (bicyclic) bond motifs is 1. The summed E-state index contributed by atoms with van der Waals surface area (Å²) in [4.78, 5) is -0.538. The molecule has 0 aliphatic heterocycles. The van der Waals surface area contributed by atoms with Crippen LogP contribution < -0.4 is 9.86 Å². The van der Waals surface area contributed by atoms with Crippen LogP contribution in [0.15, 0.2) is 64.4 Å². The van der Waals surface area contributed by atoms with E-state index in [2.05, 4.69) is 4.72 Å². The predicted octanol–water partition coefficient (Wildman–Crippen LogP) is 2.30. The number of primary sulfonamides is 1. The normalized spacial score (nSPS) is 12.2. The number of nitrogens with one attached hydrogen (secondary N) is 1. The van der Waals surface area contributed by atoms with Crippen molar-refractivity contribution in [3.05, 3.63) is 60.2 Å². The van der Waals surface area contributed by atoms with Gasteiger partial charge in [-0.3, -0.25) is 4.72 Å². The first-order chi connectivity index (χ1) is 12.1. The number of aromatic hydroxyl groups is 1. The van der Waals surface area contributed by atoms with Crippen molar-refractivity contribution in [3.8, 4) is 5.75 Å². The molecule has 0 saturated heterocycles. The minimum absolute atomic E-state index is 0.0692. The highest BCUT2D eigenvalue weighted by Gasteiger charge is 2.19. The molecule has 9 heteroatoms. The molecule has 136 valence electrons. The Balaban J connectivity index is 2.09. The van der Waals surface area contributed by atoms with Gasteiger partial charge in [0.15, 0.2) is 0 Å². The SMILES string of the molecule is Cc1ccc2c(NS(=O)(=O)c3cccc(S(N)(=O)=O)c3)cccc2c1O. The lowest BCUT2D eigenvalue weighted by Gasteiger charge is -2.13. The van der Waals surface area contributed by atoms with Gasteiger partial charge >= 0.3 is 0 Å². The quantitative estimate of drug-likeness (QED) is 0.628. The van der Waals surface area contributed by atoms with Crippen LogP contribution in [0.3, 0.4) is 0 Å². The fourth-order valence-electron chi connectivity index (χ4n) is 2.56. The van der Waals surface area contributed by atoms with Gasteiger partial charge in [-0.15, -0.1) is 0 Å². The number of hydrogen-bond donors (Lipinski definition) is 3. The first-order valence-electron chi connectivity index (χ1n) is 7.46. The number of sulfonamides is 2. The molecular formula is C17H16N2O5S2. The third kappa shape index (κ3) is 3.36. The maximum absolute atomic E-state index is 12.7. The highest BCUT2D eigenvalue weighted by atomic mass is 32.2. The summed E-state index contributed by atoms with van der Waals surface area (Å²) in [7, 11) is -8.09. The summed E-state index contributed by atoms with van der Waals surface area (Å²) in [5, 5.41) is 16.2. The number of aryl methyl sites for hydroxylation is 1. The van der Waals surface area contributed by atoms with Crippen molar-refractivity contribution in [2.75, 3.05) is 4.72 Å². The van der Waals surface area contributed by atoms with Gasteiger partial charge in [0.25, 0.3) is 10.0 Å². The molecule has 26 heavy (non-hydrogen) atoms. The van der Waals surface area contributed by atoms with E-state index in [4.69, 9.17) is 5.14 Å². The van der Waals surface area contributed by atoms with Gasteiger partial charge in [-0.1, -0.05) is 30.3 Å². The molecule has 0 heterocycles. The molecule has 0 aliphatic rings. The van der Waals surface area contributed by atoms with E-state index in [1.807, 2.05) is 0 Å². The number of benzene rings is 3. The zero-order valence-corrected chi connectivity index (χ0v) is 15.3. The number of phenols is 1. The van der Waals surface area contributed by atoms with Crippen LogP contribution in [-0.2, 0) is 20.0 Å². The predicted molar refractivity (Wildman–Crippen MR) is 99.0 cm³/mol. The van der Waals surface area contributed by atoms with E-state index >= 15 is 0 Å². The smallest absolute Gasteiger partial charge is 0.261 e. The van der Waals surface area contributed by atoms with Gasteiger partial charge in [-0.05, 0) is 36.8 Å². The lowest BCUT2D eigenvalue weighted by molar-refractivity contribution is 0.477. The second-order valence-corrected chi connectivity index (χ2v) is 9.00. The van der Waals surface area contributed by atoms with E-state index < -0.39 is 20.0 Å². The lowest BCUT2D eigenvalue weighted by atomic mass is 10.0. The van der Waals surface area contributed by atoms with Gasteiger partial charge in [0.2, 0.25) is 10.0 Å². The van der Waals surface area contributed by atoms with Gasteiger partial charge in [-0.25, -0.2) is 22.0 Å². The molecular weight excluding hydrogens is 376 g/mol. The molecule has 3 aromatic rings. The molecule has 4 N–H and O–H groups in total.